The van der Waals surface area contributed by atoms with E-state index in [9.17, 15) is 24.3 Å². The number of ether oxygens (including phenoxy) is 2. The van der Waals surface area contributed by atoms with Gasteiger partial charge in [-0.1, -0.05) is 53.4 Å². The van der Waals surface area contributed by atoms with Crippen LogP contribution in [0.15, 0.2) is 52.3 Å². The molecule has 3 atom stereocenters. The lowest BCUT2D eigenvalue weighted by molar-refractivity contribution is -0.149. The van der Waals surface area contributed by atoms with Gasteiger partial charge in [0.2, 0.25) is 11.8 Å². The zero-order chi connectivity index (χ0) is 25.6. The highest BCUT2D eigenvalue weighted by Gasteiger charge is 2.56. The van der Waals surface area contributed by atoms with Gasteiger partial charge in [0.25, 0.3) is 0 Å². The fourth-order valence-corrected chi connectivity index (χ4v) is 7.19. The van der Waals surface area contributed by atoms with E-state index in [-0.39, 0.29) is 4.87 Å². The van der Waals surface area contributed by atoms with Crippen LogP contribution >= 0.6 is 23.1 Å². The Balaban J connectivity index is 1.52. The maximum Gasteiger partial charge on any atom is 0.323 e. The number of aromatic amines is 1. The van der Waals surface area contributed by atoms with E-state index in [4.69, 9.17) is 9.47 Å². The Morgan fingerprint density at radius 2 is 1.89 bits per heavy atom. The van der Waals surface area contributed by atoms with E-state index in [1.165, 1.54) is 7.11 Å². The average molecular weight is 527 g/mol. The number of benzene rings is 2. The van der Waals surface area contributed by atoms with Gasteiger partial charge in [0.15, 0.2) is 11.5 Å². The number of fused-ring (bicyclic) bond motifs is 2. The molecule has 186 valence electrons. The first-order chi connectivity index (χ1) is 17.3. The number of likely N-dealkylation sites (tertiary alicyclic amines) is 1. The molecule has 2 aromatic carbocycles. The van der Waals surface area contributed by atoms with Crippen LogP contribution in [0.5, 0.6) is 11.5 Å². The number of carbonyl (C=O) groups excluding carboxylic acids is 2. The summed E-state index contributed by atoms with van der Waals surface area (Å²) in [5, 5.41) is 8.91. The number of aryl methyl sites for hydroxylation is 1. The molecule has 0 aliphatic carbocycles. The second-order valence-corrected chi connectivity index (χ2v) is 10.7. The Hall–Kier alpha value is -3.57. The molecule has 2 aliphatic heterocycles. The van der Waals surface area contributed by atoms with Gasteiger partial charge in [-0.2, -0.15) is 0 Å². The molecule has 2 N–H and O–H groups in total. The molecule has 2 amide bonds. The van der Waals surface area contributed by atoms with Gasteiger partial charge < -0.3 is 19.6 Å². The van der Waals surface area contributed by atoms with Gasteiger partial charge in [-0.3, -0.25) is 24.1 Å². The number of carboxylic acids is 1. The van der Waals surface area contributed by atoms with Gasteiger partial charge in [0.1, 0.15) is 18.4 Å². The van der Waals surface area contributed by atoms with Gasteiger partial charge >= 0.3 is 10.8 Å². The van der Waals surface area contributed by atoms with E-state index in [1.807, 2.05) is 31.2 Å². The van der Waals surface area contributed by atoms with Crippen molar-refractivity contribution in [2.24, 2.45) is 5.92 Å². The lowest BCUT2D eigenvalue weighted by Gasteiger charge is -2.30. The quantitative estimate of drug-likeness (QED) is 0.450. The molecule has 2 aliphatic rings. The predicted octanol–water partition coefficient (Wildman–Crippen LogP) is 3.01. The number of thiazole rings is 1. The van der Waals surface area contributed by atoms with E-state index < -0.39 is 41.4 Å². The molecule has 1 fully saturated rings. The zero-order valence-corrected chi connectivity index (χ0v) is 21.0. The fourth-order valence-electron chi connectivity index (χ4n) is 4.65. The molecule has 0 saturated carbocycles. The van der Waals surface area contributed by atoms with Crippen molar-refractivity contribution < 1.29 is 29.0 Å². The fraction of sp³-hybridized carbons (Fsp3) is 0.280. The highest BCUT2D eigenvalue weighted by Crippen LogP contribution is 2.53. The number of aliphatic carboxylic acids is 1. The third kappa shape index (κ3) is 4.18. The van der Waals surface area contributed by atoms with Gasteiger partial charge in [-0.25, -0.2) is 0 Å². The van der Waals surface area contributed by atoms with Crippen molar-refractivity contribution in [1.82, 2.24) is 9.88 Å². The topological polar surface area (TPSA) is 126 Å². The Morgan fingerprint density at radius 1 is 1.11 bits per heavy atom. The number of aromatic nitrogens is 1. The van der Waals surface area contributed by atoms with Gasteiger partial charge in [0.05, 0.1) is 18.1 Å². The number of hydrogen-bond acceptors (Lipinski definition) is 8. The van der Waals surface area contributed by atoms with E-state index >= 15 is 0 Å². The highest BCUT2D eigenvalue weighted by atomic mass is 32.2. The van der Waals surface area contributed by atoms with E-state index in [1.54, 1.807) is 18.2 Å². The van der Waals surface area contributed by atoms with Gasteiger partial charge in [0, 0.05) is 10.8 Å². The summed E-state index contributed by atoms with van der Waals surface area (Å²) in [7, 11) is 1.51. The Bertz CT molecular complexity index is 1430. The first kappa shape index (κ1) is 24.1. The van der Waals surface area contributed by atoms with E-state index in [0.717, 1.165) is 39.1 Å². The Kier molecular flexibility index (Phi) is 6.35. The number of nitrogens with zero attached hydrogens (tertiary/aromatic N) is 1. The minimum absolute atomic E-state index is 0.287. The van der Waals surface area contributed by atoms with Crippen molar-refractivity contribution in [2.75, 3.05) is 13.7 Å². The smallest absolute Gasteiger partial charge is 0.323 e. The van der Waals surface area contributed by atoms with Gasteiger partial charge in [-0.05, 0) is 35.7 Å². The van der Waals surface area contributed by atoms with Crippen molar-refractivity contribution in [1.29, 1.82) is 0 Å². The second-order valence-electron chi connectivity index (χ2n) is 8.53. The summed E-state index contributed by atoms with van der Waals surface area (Å²) >= 11 is 2.09. The maximum atomic E-state index is 13.3. The molecule has 0 radical (unpaired) electrons. The number of hydrogen-bond donors (Lipinski definition) is 2. The SMILES string of the molecule is COc1cc([C@H]2c3sc(=O)[nH]c3SC3C(=O)N(CC(=O)O)C(=O)C32)ccc1OCc1ccccc1C. The molecule has 1 saturated heterocycles. The Labute approximate surface area is 214 Å². The van der Waals surface area contributed by atoms with Crippen LogP contribution in [0.1, 0.15) is 27.5 Å². The number of thioether (sulfide) groups is 1. The number of H-pyrrole nitrogens is 1. The van der Waals surface area contributed by atoms with Crippen LogP contribution in [-0.4, -0.2) is 51.7 Å². The summed E-state index contributed by atoms with van der Waals surface area (Å²) in [6.07, 6.45) is 0. The predicted molar refractivity (Wildman–Crippen MR) is 133 cm³/mol. The largest absolute Gasteiger partial charge is 0.493 e. The van der Waals surface area contributed by atoms with Crippen molar-refractivity contribution in [2.45, 2.75) is 29.7 Å². The molecular formula is C25H22N2O7S2. The molecule has 2 unspecified atom stereocenters. The number of carbonyl (C=O) groups is 3. The minimum Gasteiger partial charge on any atom is -0.493 e. The lowest BCUT2D eigenvalue weighted by atomic mass is 9.83. The van der Waals surface area contributed by atoms with Crippen LogP contribution < -0.4 is 14.3 Å². The van der Waals surface area contributed by atoms with E-state index in [0.29, 0.717) is 33.6 Å². The third-order valence-electron chi connectivity index (χ3n) is 6.40. The monoisotopic (exact) mass is 526 g/mol. The van der Waals surface area contributed by atoms with Crippen LogP contribution in [0.2, 0.25) is 0 Å². The third-order valence-corrected chi connectivity index (χ3v) is 8.80. The summed E-state index contributed by atoms with van der Waals surface area (Å²) in [5.41, 5.74) is 2.80. The number of methoxy groups -OCH3 is 1. The number of imide groups is 1. The molecule has 36 heavy (non-hydrogen) atoms. The minimum atomic E-state index is -1.27. The number of amides is 2. The van der Waals surface area contributed by atoms with Crippen LogP contribution in [0.4, 0.5) is 0 Å². The number of rotatable bonds is 7. The molecule has 0 bridgehead atoms. The van der Waals surface area contributed by atoms with Crippen molar-refractivity contribution in [3.05, 3.63) is 73.7 Å². The number of carboxylic acid groups (broad SMARTS) is 1. The summed E-state index contributed by atoms with van der Waals surface area (Å²) in [4.78, 5) is 53.7. The standard InChI is InChI=1S/C25H22N2O7S2/c1-12-5-3-4-6-14(12)11-34-15-8-7-13(9-16(15)33-2)18-19-21(35-22-20(18)36-25(32)26-22)24(31)27(23(19)30)10-17(28)29/h3-9,18-19,21H,10-11H2,1-2H3,(H,26,32)(H,28,29)/t18-,19?,21?/m1/s1. The summed E-state index contributed by atoms with van der Waals surface area (Å²) < 4.78 is 11.6. The molecule has 9 nitrogen and oxygen atoms in total. The van der Waals surface area contributed by atoms with Crippen LogP contribution in [0, 0.1) is 12.8 Å². The van der Waals surface area contributed by atoms with Crippen molar-refractivity contribution in [3.8, 4) is 11.5 Å². The molecule has 3 heterocycles. The van der Waals surface area contributed by atoms with Gasteiger partial charge in [-0.15, -0.1) is 0 Å². The molecule has 0 spiro atoms. The summed E-state index contributed by atoms with van der Waals surface area (Å²) in [5.74, 6) is -2.90. The first-order valence-corrected chi connectivity index (χ1v) is 12.8. The zero-order valence-electron chi connectivity index (χ0n) is 19.3. The second kappa shape index (κ2) is 9.47. The first-order valence-electron chi connectivity index (χ1n) is 11.1. The maximum absolute atomic E-state index is 13.3. The average Bonchev–Trinajstić information content (AvgIpc) is 3.33. The summed E-state index contributed by atoms with van der Waals surface area (Å²) in [6.45, 7) is 1.65. The lowest BCUT2D eigenvalue weighted by Crippen LogP contribution is -2.36. The molecule has 3 aromatic rings. The Morgan fingerprint density at radius 3 is 2.61 bits per heavy atom. The van der Waals surface area contributed by atoms with Crippen molar-refractivity contribution >= 4 is 40.9 Å². The molecule has 1 aromatic heterocycles. The molecule has 11 heteroatoms. The molecule has 5 rings (SSSR count). The van der Waals surface area contributed by atoms with Crippen LogP contribution in [0.3, 0.4) is 0 Å². The molecular weight excluding hydrogens is 504 g/mol. The van der Waals surface area contributed by atoms with Crippen molar-refractivity contribution in [3.63, 3.8) is 0 Å². The normalized spacial score (nSPS) is 20.7. The summed E-state index contributed by atoms with van der Waals surface area (Å²) in [6, 6.07) is 13.2. The highest BCUT2D eigenvalue weighted by molar-refractivity contribution is 8.00. The number of nitrogens with one attached hydrogen (secondary N) is 1. The van der Waals surface area contributed by atoms with Crippen LogP contribution in [-0.2, 0) is 21.0 Å². The van der Waals surface area contributed by atoms with E-state index in [2.05, 4.69) is 4.98 Å². The van der Waals surface area contributed by atoms with Crippen LogP contribution in [0.25, 0.3) is 0 Å².